The summed E-state index contributed by atoms with van der Waals surface area (Å²) < 4.78 is 1.99. The molecule has 2 aliphatic rings. The topological polar surface area (TPSA) is 115 Å². The molecule has 3 aromatic heterocycles. The highest BCUT2D eigenvalue weighted by Crippen LogP contribution is 2.39. The zero-order valence-electron chi connectivity index (χ0n) is 21.2. The Morgan fingerprint density at radius 2 is 1.97 bits per heavy atom. The standard InChI is InChI=1S/C27H30N8O2/c1-16(2)21-6-7-24(33-13-19(17(33)3)15-35(36)37)23-12-29-26(10-22(21)23)31-25-8-9-28-27(32-25)18-11-30-34(14-18)20-4-5-20/h6-12,14,16-17,19-20H,4-5,13,15H2,1-3H3,(H,28,29,31,32)/t17-,19-/m1/s1. The van der Waals surface area contributed by atoms with Crippen molar-refractivity contribution in [2.75, 3.05) is 23.3 Å². The Balaban J connectivity index is 1.29. The second-order valence-electron chi connectivity index (χ2n) is 10.4. The van der Waals surface area contributed by atoms with Crippen LogP contribution in [-0.4, -0.2) is 48.8 Å². The predicted octanol–water partition coefficient (Wildman–Crippen LogP) is 5.19. The second kappa shape index (κ2) is 9.10. The maximum Gasteiger partial charge on any atom is 0.210 e. The van der Waals surface area contributed by atoms with Crippen molar-refractivity contribution in [2.45, 2.75) is 51.6 Å². The van der Waals surface area contributed by atoms with Crippen molar-refractivity contribution in [3.63, 3.8) is 0 Å². The number of rotatable bonds is 8. The molecule has 0 radical (unpaired) electrons. The molecule has 2 atom stereocenters. The number of fused-ring (bicyclic) bond motifs is 1. The van der Waals surface area contributed by atoms with Crippen molar-refractivity contribution >= 4 is 28.1 Å². The Hall–Kier alpha value is -4.08. The molecule has 0 spiro atoms. The summed E-state index contributed by atoms with van der Waals surface area (Å²) in [4.78, 5) is 26.9. The fourth-order valence-corrected chi connectivity index (χ4v) is 5.17. The van der Waals surface area contributed by atoms with Crippen molar-refractivity contribution in [1.29, 1.82) is 0 Å². The molecule has 2 fully saturated rings. The van der Waals surface area contributed by atoms with Gasteiger partial charge in [0.2, 0.25) is 6.54 Å². The number of aromatic nitrogens is 5. The van der Waals surface area contributed by atoms with Gasteiger partial charge in [-0.05, 0) is 54.8 Å². The number of hydrogen-bond donors (Lipinski definition) is 1. The predicted molar refractivity (Wildman–Crippen MR) is 143 cm³/mol. The van der Waals surface area contributed by atoms with E-state index in [0.29, 0.717) is 36.0 Å². The van der Waals surface area contributed by atoms with Gasteiger partial charge in [-0.25, -0.2) is 15.0 Å². The molecule has 0 amide bonds. The van der Waals surface area contributed by atoms with Crippen LogP contribution in [0.5, 0.6) is 0 Å². The molecule has 4 aromatic rings. The quantitative estimate of drug-likeness (QED) is 0.261. The van der Waals surface area contributed by atoms with E-state index in [4.69, 9.17) is 9.97 Å². The molecule has 6 rings (SSSR count). The summed E-state index contributed by atoms with van der Waals surface area (Å²) >= 11 is 0. The van der Waals surface area contributed by atoms with Crippen molar-refractivity contribution in [3.8, 4) is 11.4 Å². The largest absolute Gasteiger partial charge is 0.367 e. The van der Waals surface area contributed by atoms with Gasteiger partial charge in [0.25, 0.3) is 0 Å². The van der Waals surface area contributed by atoms with E-state index < -0.39 is 0 Å². The molecule has 0 bridgehead atoms. The number of nitrogens with zero attached hydrogens (tertiary/aromatic N) is 7. The minimum Gasteiger partial charge on any atom is -0.367 e. The van der Waals surface area contributed by atoms with Gasteiger partial charge >= 0.3 is 0 Å². The second-order valence-corrected chi connectivity index (χ2v) is 10.4. The van der Waals surface area contributed by atoms with Gasteiger partial charge in [-0.2, -0.15) is 5.10 Å². The summed E-state index contributed by atoms with van der Waals surface area (Å²) in [6, 6.07) is 8.82. The lowest BCUT2D eigenvalue weighted by Crippen LogP contribution is -2.57. The third kappa shape index (κ3) is 4.47. The summed E-state index contributed by atoms with van der Waals surface area (Å²) in [5.41, 5.74) is 3.20. The highest BCUT2D eigenvalue weighted by Gasteiger charge is 2.39. The molecule has 190 valence electrons. The van der Waals surface area contributed by atoms with Crippen LogP contribution in [0.2, 0.25) is 0 Å². The number of anilines is 3. The van der Waals surface area contributed by atoms with E-state index in [1.54, 1.807) is 6.20 Å². The zero-order valence-corrected chi connectivity index (χ0v) is 21.2. The van der Waals surface area contributed by atoms with Crippen LogP contribution < -0.4 is 10.2 Å². The van der Waals surface area contributed by atoms with Crippen LogP contribution >= 0.6 is 0 Å². The molecule has 1 saturated heterocycles. The van der Waals surface area contributed by atoms with Crippen molar-refractivity contribution in [1.82, 2.24) is 24.7 Å². The Bertz CT molecular complexity index is 1480. The molecule has 0 unspecified atom stereocenters. The Morgan fingerprint density at radius 1 is 1.14 bits per heavy atom. The van der Waals surface area contributed by atoms with Crippen LogP contribution in [0.3, 0.4) is 0 Å². The number of nitrogens with one attached hydrogen (secondary N) is 1. The Kier molecular flexibility index (Phi) is 5.73. The van der Waals surface area contributed by atoms with Gasteiger partial charge in [0.15, 0.2) is 5.82 Å². The molecule has 1 aliphatic carbocycles. The van der Waals surface area contributed by atoms with E-state index in [2.05, 4.69) is 59.3 Å². The minimum atomic E-state index is -0.213. The lowest BCUT2D eigenvalue weighted by atomic mass is 9.87. The highest BCUT2D eigenvalue weighted by molar-refractivity contribution is 5.98. The fourth-order valence-electron chi connectivity index (χ4n) is 5.17. The maximum absolute atomic E-state index is 11.0. The smallest absolute Gasteiger partial charge is 0.210 e. The van der Waals surface area contributed by atoms with Gasteiger partial charge < -0.3 is 10.2 Å². The molecule has 1 aliphatic heterocycles. The van der Waals surface area contributed by atoms with Gasteiger partial charge in [0.1, 0.15) is 11.6 Å². The summed E-state index contributed by atoms with van der Waals surface area (Å²) in [5.74, 6) is 2.38. The first-order valence-corrected chi connectivity index (χ1v) is 12.8. The van der Waals surface area contributed by atoms with Gasteiger partial charge in [0, 0.05) is 47.2 Å². The molecule has 37 heavy (non-hydrogen) atoms. The summed E-state index contributed by atoms with van der Waals surface area (Å²) in [5, 5.41) is 21.0. The van der Waals surface area contributed by atoms with E-state index >= 15 is 0 Å². The van der Waals surface area contributed by atoms with Gasteiger partial charge in [-0.15, -0.1) is 0 Å². The third-order valence-corrected chi connectivity index (χ3v) is 7.52. The number of pyridine rings is 1. The maximum atomic E-state index is 11.0. The highest BCUT2D eigenvalue weighted by atomic mass is 16.6. The number of hydrogen-bond acceptors (Lipinski definition) is 8. The normalized spacial score (nSPS) is 19.3. The van der Waals surface area contributed by atoms with Gasteiger partial charge in [-0.3, -0.25) is 14.8 Å². The van der Waals surface area contributed by atoms with Gasteiger partial charge in [-0.1, -0.05) is 19.9 Å². The van der Waals surface area contributed by atoms with E-state index in [9.17, 15) is 10.1 Å². The Labute approximate surface area is 214 Å². The SMILES string of the molecule is CC(C)c1ccc(N2C[C@H](C[N+](=O)[O-])[C@H]2C)c2cnc(Nc3ccnc(-c4cnn(C5CC5)c4)n3)cc12. The van der Waals surface area contributed by atoms with Crippen molar-refractivity contribution in [3.05, 3.63) is 64.7 Å². The zero-order chi connectivity index (χ0) is 25.7. The monoisotopic (exact) mass is 498 g/mol. The van der Waals surface area contributed by atoms with Crippen molar-refractivity contribution in [2.24, 2.45) is 5.92 Å². The number of nitro groups is 1. The molecule has 1 N–H and O–H groups in total. The van der Waals surface area contributed by atoms with E-state index in [1.807, 2.05) is 29.3 Å². The molecule has 10 nitrogen and oxygen atoms in total. The van der Waals surface area contributed by atoms with Crippen LogP contribution in [0.15, 0.2) is 49.1 Å². The molecule has 10 heteroatoms. The lowest BCUT2D eigenvalue weighted by Gasteiger charge is -2.46. The van der Waals surface area contributed by atoms with E-state index in [1.165, 1.54) is 18.4 Å². The minimum absolute atomic E-state index is 0.00822. The van der Waals surface area contributed by atoms with Crippen LogP contribution in [0.4, 0.5) is 17.3 Å². The third-order valence-electron chi connectivity index (χ3n) is 7.52. The first-order valence-electron chi connectivity index (χ1n) is 12.8. The first-order chi connectivity index (χ1) is 17.9. The average Bonchev–Trinajstić information content (AvgIpc) is 3.61. The summed E-state index contributed by atoms with van der Waals surface area (Å²) in [6.07, 6.45) is 9.81. The van der Waals surface area contributed by atoms with Crippen molar-refractivity contribution < 1.29 is 4.92 Å². The molecule has 4 heterocycles. The van der Waals surface area contributed by atoms with Crippen LogP contribution in [0.25, 0.3) is 22.2 Å². The fraction of sp³-hybridized carbons (Fsp3) is 0.407. The van der Waals surface area contributed by atoms with Gasteiger partial charge in [0.05, 0.1) is 23.7 Å². The van der Waals surface area contributed by atoms with E-state index in [0.717, 1.165) is 22.0 Å². The van der Waals surface area contributed by atoms with Crippen LogP contribution in [0.1, 0.15) is 51.1 Å². The lowest BCUT2D eigenvalue weighted by molar-refractivity contribution is -0.490. The molecular weight excluding hydrogens is 468 g/mol. The molecule has 1 saturated carbocycles. The first kappa shape index (κ1) is 23.3. The molecule has 1 aromatic carbocycles. The van der Waals surface area contributed by atoms with E-state index in [-0.39, 0.29) is 23.4 Å². The molecular formula is C27H30N8O2. The Morgan fingerprint density at radius 3 is 2.70 bits per heavy atom. The summed E-state index contributed by atoms with van der Waals surface area (Å²) in [6.45, 7) is 7.11. The van der Waals surface area contributed by atoms with Crippen LogP contribution in [0, 0.1) is 16.0 Å². The number of benzene rings is 1. The average molecular weight is 499 g/mol. The summed E-state index contributed by atoms with van der Waals surface area (Å²) in [7, 11) is 0. The van der Waals surface area contributed by atoms with Crippen LogP contribution in [-0.2, 0) is 0 Å².